The minimum atomic E-state index is -0.804. The van der Waals surface area contributed by atoms with Crippen molar-refractivity contribution >= 4 is 17.3 Å². The third-order valence-corrected chi connectivity index (χ3v) is 6.65. The first kappa shape index (κ1) is 21.8. The van der Waals surface area contributed by atoms with Gasteiger partial charge in [-0.3, -0.25) is 4.79 Å². The van der Waals surface area contributed by atoms with Gasteiger partial charge in [0.2, 0.25) is 0 Å². The first-order valence-corrected chi connectivity index (χ1v) is 11.6. The van der Waals surface area contributed by atoms with Crippen LogP contribution in [0.1, 0.15) is 47.4 Å². The molecule has 2 heterocycles. The van der Waals surface area contributed by atoms with Crippen LogP contribution in [0.3, 0.4) is 0 Å². The lowest BCUT2D eigenvalue weighted by atomic mass is 9.91. The number of hydrogen-bond acceptors (Lipinski definition) is 5. The van der Waals surface area contributed by atoms with Crippen LogP contribution in [0.2, 0.25) is 0 Å². The summed E-state index contributed by atoms with van der Waals surface area (Å²) < 4.78 is 12.0. The molecule has 34 heavy (non-hydrogen) atoms. The van der Waals surface area contributed by atoms with E-state index >= 15 is 0 Å². The lowest BCUT2D eigenvalue weighted by molar-refractivity contribution is -0.137. The van der Waals surface area contributed by atoms with Crippen molar-refractivity contribution in [3.05, 3.63) is 82.9 Å². The lowest BCUT2D eigenvalue weighted by Gasteiger charge is -2.25. The summed E-state index contributed by atoms with van der Waals surface area (Å²) in [4.78, 5) is 13.3. The summed E-state index contributed by atoms with van der Waals surface area (Å²) in [5.74, 6) is 1.02. The molecule has 0 spiro atoms. The Morgan fingerprint density at radius 1 is 1.06 bits per heavy atom. The van der Waals surface area contributed by atoms with Gasteiger partial charge in [0.05, 0.1) is 37.0 Å². The summed E-state index contributed by atoms with van der Waals surface area (Å²) >= 11 is 0. The molecule has 6 heteroatoms. The number of carbonyl (C=O) groups is 1. The number of nitrogens with zero attached hydrogens (tertiary/aromatic N) is 2. The van der Waals surface area contributed by atoms with Gasteiger partial charge in [-0.05, 0) is 49.2 Å². The number of rotatable bonds is 7. The molecule has 0 saturated heterocycles. The van der Waals surface area contributed by atoms with Crippen LogP contribution < -0.4 is 14.4 Å². The molecule has 1 unspecified atom stereocenters. The topological polar surface area (TPSA) is 82.8 Å². The van der Waals surface area contributed by atoms with Crippen molar-refractivity contribution < 1.29 is 19.4 Å². The van der Waals surface area contributed by atoms with E-state index in [0.717, 1.165) is 47.0 Å². The normalized spacial score (nSPS) is 17.8. The fourth-order valence-electron chi connectivity index (χ4n) is 5.02. The molecule has 6 nitrogen and oxygen atoms in total. The van der Waals surface area contributed by atoms with Crippen LogP contribution in [0, 0.1) is 11.3 Å². The maximum absolute atomic E-state index is 11.1. The highest BCUT2D eigenvalue weighted by Gasteiger charge is 2.30. The predicted molar refractivity (Wildman–Crippen MR) is 129 cm³/mol. The molecular weight excluding hydrogens is 428 g/mol. The Morgan fingerprint density at radius 2 is 1.88 bits per heavy atom. The molecule has 3 aromatic carbocycles. The van der Waals surface area contributed by atoms with E-state index < -0.39 is 5.97 Å². The molecule has 0 amide bonds. The number of ether oxygens (including phenoxy) is 2. The summed E-state index contributed by atoms with van der Waals surface area (Å²) in [6.07, 6.45) is 0.900. The number of anilines is 2. The number of nitriles is 1. The molecule has 0 saturated carbocycles. The molecule has 2 aliphatic heterocycles. The van der Waals surface area contributed by atoms with Gasteiger partial charge < -0.3 is 19.5 Å². The molecule has 172 valence electrons. The third-order valence-electron chi connectivity index (χ3n) is 6.65. The first-order valence-electron chi connectivity index (χ1n) is 11.6. The zero-order chi connectivity index (χ0) is 23.7. The first-order chi connectivity index (χ1) is 16.6. The second-order valence-corrected chi connectivity index (χ2v) is 8.79. The molecule has 1 N–H and O–H groups in total. The second kappa shape index (κ2) is 9.11. The number of para-hydroxylation sites is 1. The molecule has 2 atom stereocenters. The quantitative estimate of drug-likeness (QED) is 0.516. The van der Waals surface area contributed by atoms with Gasteiger partial charge in [0.15, 0.2) is 0 Å². The van der Waals surface area contributed by atoms with Gasteiger partial charge in [0.1, 0.15) is 11.5 Å². The fraction of sp³-hybridized carbons (Fsp3) is 0.286. The molecule has 2 aliphatic rings. The van der Waals surface area contributed by atoms with E-state index in [1.807, 2.05) is 36.4 Å². The SMILES string of the molecule is CCN(c1cccc(C#N)c1)c1cccc2c1OCC2Cc1ccc2c(c1)OC[C@H]2CC(=O)O. The van der Waals surface area contributed by atoms with Crippen LogP contribution in [-0.4, -0.2) is 30.8 Å². The number of hydrogen-bond donors (Lipinski definition) is 1. The van der Waals surface area contributed by atoms with Crippen LogP contribution >= 0.6 is 0 Å². The average molecular weight is 455 g/mol. The van der Waals surface area contributed by atoms with E-state index in [9.17, 15) is 10.1 Å². The Bertz CT molecular complexity index is 1280. The Balaban J connectivity index is 1.39. The van der Waals surface area contributed by atoms with Crippen molar-refractivity contribution in [1.82, 2.24) is 0 Å². The van der Waals surface area contributed by atoms with Gasteiger partial charge in [-0.1, -0.05) is 30.3 Å². The predicted octanol–water partition coefficient (Wildman–Crippen LogP) is 5.39. The van der Waals surface area contributed by atoms with Crippen molar-refractivity contribution in [2.45, 2.75) is 31.6 Å². The highest BCUT2D eigenvalue weighted by atomic mass is 16.5. The average Bonchev–Trinajstić information content (AvgIpc) is 3.44. The zero-order valence-electron chi connectivity index (χ0n) is 19.0. The minimum Gasteiger partial charge on any atom is -0.493 e. The van der Waals surface area contributed by atoms with Crippen molar-refractivity contribution in [2.75, 3.05) is 24.7 Å². The summed E-state index contributed by atoms with van der Waals surface area (Å²) in [7, 11) is 0. The van der Waals surface area contributed by atoms with E-state index in [2.05, 4.69) is 42.2 Å². The standard InChI is InChI=1S/C28H26N2O4/c1-2-30(22-6-3-5-19(12-22)15-29)25-8-4-7-24-20(17-34-28(24)25)11-18-9-10-23-21(14-27(31)32)16-33-26(23)13-18/h3-10,12-13,20-21H,2,11,14,16-17H2,1H3,(H,31,32)/t20?,21-/m1/s1. The fourth-order valence-corrected chi connectivity index (χ4v) is 5.02. The summed E-state index contributed by atoms with van der Waals surface area (Å²) in [5, 5.41) is 18.4. The lowest BCUT2D eigenvalue weighted by Crippen LogP contribution is -2.16. The zero-order valence-corrected chi connectivity index (χ0v) is 19.0. The molecule has 0 aliphatic carbocycles. The van der Waals surface area contributed by atoms with Crippen molar-refractivity contribution in [2.24, 2.45) is 0 Å². The summed E-state index contributed by atoms with van der Waals surface area (Å²) in [6, 6.07) is 22.2. The van der Waals surface area contributed by atoms with E-state index in [1.54, 1.807) is 0 Å². The summed E-state index contributed by atoms with van der Waals surface area (Å²) in [5.41, 5.74) is 5.91. The molecule has 3 aromatic rings. The van der Waals surface area contributed by atoms with Crippen LogP contribution in [0.25, 0.3) is 0 Å². The van der Waals surface area contributed by atoms with Gasteiger partial charge in [-0.15, -0.1) is 0 Å². The number of carboxylic acids is 1. The van der Waals surface area contributed by atoms with Crippen LogP contribution in [-0.2, 0) is 11.2 Å². The number of aliphatic carboxylic acids is 1. The largest absolute Gasteiger partial charge is 0.493 e. The molecule has 0 radical (unpaired) electrons. The second-order valence-electron chi connectivity index (χ2n) is 8.79. The Hall–Kier alpha value is -3.98. The van der Waals surface area contributed by atoms with Crippen LogP contribution in [0.15, 0.2) is 60.7 Å². The van der Waals surface area contributed by atoms with E-state index in [-0.39, 0.29) is 18.3 Å². The van der Waals surface area contributed by atoms with Gasteiger partial charge in [0, 0.05) is 35.2 Å². The number of benzene rings is 3. The van der Waals surface area contributed by atoms with E-state index in [1.165, 1.54) is 5.56 Å². The van der Waals surface area contributed by atoms with Crippen LogP contribution in [0.4, 0.5) is 11.4 Å². The van der Waals surface area contributed by atoms with Crippen LogP contribution in [0.5, 0.6) is 11.5 Å². The van der Waals surface area contributed by atoms with Gasteiger partial charge >= 0.3 is 5.97 Å². The Labute approximate surface area is 199 Å². The van der Waals surface area contributed by atoms with E-state index in [4.69, 9.17) is 14.6 Å². The Kier molecular flexibility index (Phi) is 5.85. The maximum Gasteiger partial charge on any atom is 0.304 e. The van der Waals surface area contributed by atoms with Crippen molar-refractivity contribution in [3.63, 3.8) is 0 Å². The smallest absolute Gasteiger partial charge is 0.304 e. The molecule has 0 fully saturated rings. The molecule has 0 bridgehead atoms. The Morgan fingerprint density at radius 3 is 2.68 bits per heavy atom. The number of fused-ring (bicyclic) bond motifs is 2. The monoisotopic (exact) mass is 454 g/mol. The van der Waals surface area contributed by atoms with Crippen molar-refractivity contribution in [1.29, 1.82) is 5.26 Å². The number of carboxylic acid groups (broad SMARTS) is 1. The molecule has 5 rings (SSSR count). The highest BCUT2D eigenvalue weighted by Crippen LogP contribution is 2.45. The molecule has 0 aromatic heterocycles. The van der Waals surface area contributed by atoms with Crippen molar-refractivity contribution in [3.8, 4) is 17.6 Å². The molecular formula is C28H26N2O4. The minimum absolute atomic E-state index is 0.0841. The highest BCUT2D eigenvalue weighted by molar-refractivity contribution is 5.73. The van der Waals surface area contributed by atoms with Gasteiger partial charge in [-0.2, -0.15) is 5.26 Å². The van der Waals surface area contributed by atoms with E-state index in [0.29, 0.717) is 18.8 Å². The summed E-state index contributed by atoms with van der Waals surface area (Å²) in [6.45, 7) is 3.86. The van der Waals surface area contributed by atoms with Gasteiger partial charge in [-0.25, -0.2) is 0 Å². The van der Waals surface area contributed by atoms with Gasteiger partial charge in [0.25, 0.3) is 0 Å². The maximum atomic E-state index is 11.1. The third kappa shape index (κ3) is 4.06.